The highest BCUT2D eigenvalue weighted by molar-refractivity contribution is 7.91. The zero-order chi connectivity index (χ0) is 17.9. The number of sulfone groups is 1. The zero-order valence-electron chi connectivity index (χ0n) is 14.3. The van der Waals surface area contributed by atoms with E-state index in [4.69, 9.17) is 16.6 Å². The van der Waals surface area contributed by atoms with Crippen LogP contribution < -0.4 is 5.32 Å². The number of fused-ring (bicyclic) bond motifs is 1. The van der Waals surface area contributed by atoms with E-state index in [1.807, 2.05) is 24.3 Å². The molecule has 25 heavy (non-hydrogen) atoms. The Balaban J connectivity index is 1.91. The lowest BCUT2D eigenvalue weighted by Gasteiger charge is -2.20. The molecule has 2 aromatic rings. The van der Waals surface area contributed by atoms with E-state index >= 15 is 0 Å². The van der Waals surface area contributed by atoms with E-state index in [-0.39, 0.29) is 11.5 Å². The summed E-state index contributed by atoms with van der Waals surface area (Å²) in [6.07, 6.45) is 4.07. The Morgan fingerprint density at radius 3 is 2.76 bits per heavy atom. The van der Waals surface area contributed by atoms with E-state index in [0.29, 0.717) is 17.4 Å². The minimum Gasteiger partial charge on any atom is -0.369 e. The van der Waals surface area contributed by atoms with Gasteiger partial charge in [-0.1, -0.05) is 30.7 Å². The van der Waals surface area contributed by atoms with Crippen molar-refractivity contribution in [3.8, 4) is 11.4 Å². The van der Waals surface area contributed by atoms with Crippen LogP contribution in [0.15, 0.2) is 24.3 Å². The molecule has 0 atom stereocenters. The molecule has 1 N–H and O–H groups in total. The van der Waals surface area contributed by atoms with Gasteiger partial charge in [0, 0.05) is 34.1 Å². The molecule has 0 spiro atoms. The number of nitrogens with zero attached hydrogens (tertiary/aromatic N) is 2. The number of hydrogen-bond donors (Lipinski definition) is 1. The van der Waals surface area contributed by atoms with Crippen molar-refractivity contribution in [3.05, 3.63) is 40.5 Å². The maximum atomic E-state index is 11.7. The van der Waals surface area contributed by atoms with Crippen LogP contribution in [0.5, 0.6) is 0 Å². The fraction of sp³-hybridized carbons (Fsp3) is 0.444. The average molecular weight is 380 g/mol. The Bertz CT molecular complexity index is 869. The monoisotopic (exact) mass is 379 g/mol. The lowest BCUT2D eigenvalue weighted by molar-refractivity contribution is 0.597. The first kappa shape index (κ1) is 18.1. The van der Waals surface area contributed by atoms with Crippen molar-refractivity contribution < 1.29 is 8.42 Å². The molecule has 7 heteroatoms. The van der Waals surface area contributed by atoms with Crippen molar-refractivity contribution in [1.29, 1.82) is 0 Å². The van der Waals surface area contributed by atoms with Crippen molar-refractivity contribution in [3.63, 3.8) is 0 Å². The molecule has 1 aromatic heterocycles. The van der Waals surface area contributed by atoms with E-state index in [0.717, 1.165) is 48.3 Å². The van der Waals surface area contributed by atoms with Crippen LogP contribution >= 0.6 is 11.6 Å². The van der Waals surface area contributed by atoms with Crippen LogP contribution in [0.25, 0.3) is 11.4 Å². The van der Waals surface area contributed by atoms with Crippen LogP contribution in [0, 0.1) is 0 Å². The molecule has 0 fully saturated rings. The molecule has 1 aliphatic carbocycles. The Hall–Kier alpha value is -1.66. The van der Waals surface area contributed by atoms with Gasteiger partial charge in [-0.3, -0.25) is 0 Å². The largest absolute Gasteiger partial charge is 0.369 e. The molecule has 134 valence electrons. The van der Waals surface area contributed by atoms with Crippen molar-refractivity contribution in [1.82, 2.24) is 9.97 Å². The third kappa shape index (κ3) is 4.50. The number of halogens is 1. The van der Waals surface area contributed by atoms with Crippen LogP contribution in [0.3, 0.4) is 0 Å². The predicted octanol–water partition coefficient (Wildman–Crippen LogP) is 3.52. The van der Waals surface area contributed by atoms with Crippen molar-refractivity contribution in [2.75, 3.05) is 23.4 Å². The van der Waals surface area contributed by atoms with Gasteiger partial charge in [0.2, 0.25) is 0 Å². The highest BCUT2D eigenvalue weighted by atomic mass is 35.5. The van der Waals surface area contributed by atoms with Crippen LogP contribution in [-0.2, 0) is 22.7 Å². The molecule has 3 rings (SSSR count). The van der Waals surface area contributed by atoms with Gasteiger partial charge in [-0.25, -0.2) is 18.4 Å². The van der Waals surface area contributed by atoms with Gasteiger partial charge in [0.05, 0.1) is 5.75 Å². The van der Waals surface area contributed by atoms with Crippen LogP contribution in [-0.4, -0.2) is 36.4 Å². The van der Waals surface area contributed by atoms with Gasteiger partial charge in [0.25, 0.3) is 0 Å². The summed E-state index contributed by atoms with van der Waals surface area (Å²) in [4.78, 5) is 9.40. The minimum atomic E-state index is -3.00. The first-order chi connectivity index (χ1) is 12.0. The Labute approximate surface area is 153 Å². The molecule has 0 aliphatic heterocycles. The smallest absolute Gasteiger partial charge is 0.161 e. The first-order valence-corrected chi connectivity index (χ1v) is 10.8. The summed E-state index contributed by atoms with van der Waals surface area (Å²) in [7, 11) is -3.00. The SMILES string of the molecule is CCS(=O)(=O)CCNc1nc(-c2cccc(Cl)c2)nc2c1CCCC2. The molecule has 0 bridgehead atoms. The topological polar surface area (TPSA) is 72.0 Å². The molecule has 0 unspecified atom stereocenters. The van der Waals surface area contributed by atoms with Gasteiger partial charge >= 0.3 is 0 Å². The molecule has 0 saturated heterocycles. The minimum absolute atomic E-state index is 0.106. The fourth-order valence-electron chi connectivity index (χ4n) is 2.97. The second-order valence-corrected chi connectivity index (χ2v) is 9.11. The van der Waals surface area contributed by atoms with Gasteiger partial charge in [0.15, 0.2) is 15.7 Å². The Kier molecular flexibility index (Phi) is 5.59. The maximum absolute atomic E-state index is 11.7. The van der Waals surface area contributed by atoms with E-state index in [9.17, 15) is 8.42 Å². The second-order valence-electron chi connectivity index (χ2n) is 6.20. The van der Waals surface area contributed by atoms with Crippen LogP contribution in [0.2, 0.25) is 5.02 Å². The fourth-order valence-corrected chi connectivity index (χ4v) is 3.86. The summed E-state index contributed by atoms with van der Waals surface area (Å²) in [5, 5.41) is 3.87. The van der Waals surface area contributed by atoms with E-state index in [2.05, 4.69) is 10.3 Å². The zero-order valence-corrected chi connectivity index (χ0v) is 15.8. The number of aromatic nitrogens is 2. The quantitative estimate of drug-likeness (QED) is 0.831. The van der Waals surface area contributed by atoms with Crippen LogP contribution in [0.4, 0.5) is 5.82 Å². The lowest BCUT2D eigenvalue weighted by Crippen LogP contribution is -2.20. The van der Waals surface area contributed by atoms with Gasteiger partial charge in [-0.15, -0.1) is 0 Å². The summed E-state index contributed by atoms with van der Waals surface area (Å²) < 4.78 is 23.4. The van der Waals surface area contributed by atoms with Crippen molar-refractivity contribution >= 4 is 27.3 Å². The predicted molar refractivity (Wildman–Crippen MR) is 102 cm³/mol. The molecule has 0 radical (unpaired) electrons. The molecule has 0 amide bonds. The van der Waals surface area contributed by atoms with Crippen molar-refractivity contribution in [2.24, 2.45) is 0 Å². The summed E-state index contributed by atoms with van der Waals surface area (Å²) in [6.45, 7) is 2.02. The molecule has 5 nitrogen and oxygen atoms in total. The number of nitrogens with one attached hydrogen (secondary N) is 1. The summed E-state index contributed by atoms with van der Waals surface area (Å²) in [5.74, 6) is 1.65. The standard InChI is InChI=1S/C18H22ClN3O2S/c1-2-25(23,24)11-10-20-18-15-8-3-4-9-16(15)21-17(22-18)13-6-5-7-14(19)12-13/h5-7,12H,2-4,8-11H2,1H3,(H,20,21,22). The van der Waals surface area contributed by atoms with E-state index in [1.54, 1.807) is 6.92 Å². The number of anilines is 1. The number of rotatable bonds is 6. The maximum Gasteiger partial charge on any atom is 0.161 e. The number of benzene rings is 1. The highest BCUT2D eigenvalue weighted by Gasteiger charge is 2.19. The molecule has 0 saturated carbocycles. The molecular formula is C18H22ClN3O2S. The average Bonchev–Trinajstić information content (AvgIpc) is 2.61. The summed E-state index contributed by atoms with van der Waals surface area (Å²) >= 11 is 6.09. The summed E-state index contributed by atoms with van der Waals surface area (Å²) in [6, 6.07) is 7.47. The van der Waals surface area contributed by atoms with Crippen molar-refractivity contribution in [2.45, 2.75) is 32.6 Å². The normalized spacial score (nSPS) is 14.2. The third-order valence-corrected chi connectivity index (χ3v) is 6.35. The highest BCUT2D eigenvalue weighted by Crippen LogP contribution is 2.29. The number of hydrogen-bond acceptors (Lipinski definition) is 5. The Morgan fingerprint density at radius 2 is 2.00 bits per heavy atom. The van der Waals surface area contributed by atoms with Gasteiger partial charge < -0.3 is 5.32 Å². The summed E-state index contributed by atoms with van der Waals surface area (Å²) in [5.41, 5.74) is 3.04. The number of aryl methyl sites for hydroxylation is 1. The van der Waals surface area contributed by atoms with E-state index < -0.39 is 9.84 Å². The molecular weight excluding hydrogens is 358 g/mol. The Morgan fingerprint density at radius 1 is 1.20 bits per heavy atom. The lowest BCUT2D eigenvalue weighted by atomic mass is 9.96. The van der Waals surface area contributed by atoms with Gasteiger partial charge in [-0.05, 0) is 37.8 Å². The van der Waals surface area contributed by atoms with E-state index in [1.165, 1.54) is 0 Å². The third-order valence-electron chi connectivity index (χ3n) is 4.41. The van der Waals surface area contributed by atoms with Gasteiger partial charge in [0.1, 0.15) is 5.82 Å². The van der Waals surface area contributed by atoms with Gasteiger partial charge in [-0.2, -0.15) is 0 Å². The molecule has 1 heterocycles. The van der Waals surface area contributed by atoms with Crippen LogP contribution in [0.1, 0.15) is 31.0 Å². The molecule has 1 aliphatic rings. The molecule has 1 aromatic carbocycles. The second kappa shape index (κ2) is 7.70. The first-order valence-electron chi connectivity index (χ1n) is 8.58.